The predicted molar refractivity (Wildman–Crippen MR) is 68.9 cm³/mol. The summed E-state index contributed by atoms with van der Waals surface area (Å²) in [6.45, 7) is 0.621. The number of rotatable bonds is 4. The summed E-state index contributed by atoms with van der Waals surface area (Å²) in [6, 6.07) is 6.63. The summed E-state index contributed by atoms with van der Waals surface area (Å²) in [5.74, 6) is 0.482. The van der Waals surface area contributed by atoms with Crippen molar-refractivity contribution in [2.45, 2.75) is 18.9 Å². The van der Waals surface area contributed by atoms with Gasteiger partial charge in [0.25, 0.3) is 0 Å². The summed E-state index contributed by atoms with van der Waals surface area (Å²) in [4.78, 5) is 11.5. The van der Waals surface area contributed by atoms with Gasteiger partial charge in [-0.3, -0.25) is 4.79 Å². The molecular weight excluding hydrogens is 230 g/mol. The van der Waals surface area contributed by atoms with Crippen LogP contribution in [0.4, 0.5) is 0 Å². The van der Waals surface area contributed by atoms with Gasteiger partial charge in [0.05, 0.1) is 6.10 Å². The number of carbonyl (C=O) groups is 1. The Bertz CT molecular complexity index is 433. The first kappa shape index (κ1) is 12.6. The van der Waals surface area contributed by atoms with E-state index < -0.39 is 0 Å². The Morgan fingerprint density at radius 2 is 2.00 bits per heavy atom. The smallest absolute Gasteiger partial charge is 0.244 e. The van der Waals surface area contributed by atoms with Gasteiger partial charge in [-0.05, 0) is 42.5 Å². The van der Waals surface area contributed by atoms with Crippen LogP contribution < -0.4 is 5.32 Å². The van der Waals surface area contributed by atoms with Gasteiger partial charge in [0, 0.05) is 12.6 Å². The van der Waals surface area contributed by atoms with Crippen molar-refractivity contribution in [3.05, 3.63) is 35.9 Å². The molecule has 0 aliphatic heterocycles. The number of benzene rings is 1. The van der Waals surface area contributed by atoms with Gasteiger partial charge in [0.2, 0.25) is 5.91 Å². The van der Waals surface area contributed by atoms with Gasteiger partial charge in [0.15, 0.2) is 0 Å². The quantitative estimate of drug-likeness (QED) is 0.702. The second-order valence-corrected chi connectivity index (χ2v) is 4.66. The van der Waals surface area contributed by atoms with Crippen molar-refractivity contribution in [1.82, 2.24) is 5.32 Å². The van der Waals surface area contributed by atoms with Crippen LogP contribution in [-0.2, 0) is 4.79 Å². The summed E-state index contributed by atoms with van der Waals surface area (Å²) in [7, 11) is 0. The number of aliphatic hydroxyl groups is 1. The zero-order chi connectivity index (χ0) is 13.0. The second-order valence-electron chi connectivity index (χ2n) is 4.66. The molecule has 0 unspecified atom stereocenters. The van der Waals surface area contributed by atoms with Crippen LogP contribution in [0.25, 0.3) is 6.08 Å². The SMILES string of the molecule is O=C(C=Cc1ccc(O)cc1)NCC1CC(O)C1. The van der Waals surface area contributed by atoms with Crippen LogP contribution in [0.3, 0.4) is 0 Å². The fourth-order valence-corrected chi connectivity index (χ4v) is 1.93. The number of hydrogen-bond acceptors (Lipinski definition) is 3. The van der Waals surface area contributed by atoms with Gasteiger partial charge in [-0.15, -0.1) is 0 Å². The molecule has 1 saturated carbocycles. The van der Waals surface area contributed by atoms with E-state index in [9.17, 15) is 4.79 Å². The van der Waals surface area contributed by atoms with Crippen LogP contribution in [0.1, 0.15) is 18.4 Å². The molecule has 0 atom stereocenters. The van der Waals surface area contributed by atoms with E-state index >= 15 is 0 Å². The van der Waals surface area contributed by atoms with Crippen LogP contribution in [-0.4, -0.2) is 28.8 Å². The van der Waals surface area contributed by atoms with E-state index in [0.29, 0.717) is 12.5 Å². The highest BCUT2D eigenvalue weighted by Crippen LogP contribution is 2.25. The van der Waals surface area contributed by atoms with Gasteiger partial charge >= 0.3 is 0 Å². The van der Waals surface area contributed by atoms with Gasteiger partial charge < -0.3 is 15.5 Å². The zero-order valence-corrected chi connectivity index (χ0v) is 10.0. The topological polar surface area (TPSA) is 69.6 Å². The molecule has 18 heavy (non-hydrogen) atoms. The van der Waals surface area contributed by atoms with Gasteiger partial charge in [-0.2, -0.15) is 0 Å². The molecule has 1 aromatic carbocycles. The third-order valence-electron chi connectivity index (χ3n) is 3.10. The Morgan fingerprint density at radius 3 is 2.61 bits per heavy atom. The highest BCUT2D eigenvalue weighted by molar-refractivity contribution is 5.91. The first-order valence-corrected chi connectivity index (χ1v) is 6.06. The van der Waals surface area contributed by atoms with E-state index in [1.165, 1.54) is 6.08 Å². The molecule has 0 bridgehead atoms. The molecule has 1 aliphatic carbocycles. The predicted octanol–water partition coefficient (Wildman–Crippen LogP) is 1.29. The Labute approximate surface area is 106 Å². The van der Waals surface area contributed by atoms with Crippen LogP contribution >= 0.6 is 0 Å². The van der Waals surface area contributed by atoms with E-state index in [1.807, 2.05) is 0 Å². The molecule has 96 valence electrons. The van der Waals surface area contributed by atoms with E-state index in [2.05, 4.69) is 5.32 Å². The highest BCUT2D eigenvalue weighted by atomic mass is 16.3. The monoisotopic (exact) mass is 247 g/mol. The fourth-order valence-electron chi connectivity index (χ4n) is 1.93. The lowest BCUT2D eigenvalue weighted by atomic mass is 9.82. The Hall–Kier alpha value is -1.81. The largest absolute Gasteiger partial charge is 0.508 e. The first-order valence-electron chi connectivity index (χ1n) is 6.06. The van der Waals surface area contributed by atoms with Crippen molar-refractivity contribution >= 4 is 12.0 Å². The van der Waals surface area contributed by atoms with Crippen LogP contribution in [0.5, 0.6) is 5.75 Å². The third-order valence-corrected chi connectivity index (χ3v) is 3.10. The average Bonchev–Trinajstić information content (AvgIpc) is 2.32. The summed E-state index contributed by atoms with van der Waals surface area (Å²) in [6.07, 6.45) is 4.55. The number of aliphatic hydroxyl groups excluding tert-OH is 1. The molecule has 2 rings (SSSR count). The number of nitrogens with one attached hydrogen (secondary N) is 1. The zero-order valence-electron chi connectivity index (χ0n) is 10.0. The maximum Gasteiger partial charge on any atom is 0.244 e. The van der Waals surface area contributed by atoms with Crippen molar-refractivity contribution in [3.63, 3.8) is 0 Å². The van der Waals surface area contributed by atoms with Gasteiger partial charge in [-0.1, -0.05) is 12.1 Å². The van der Waals surface area contributed by atoms with Crippen molar-refractivity contribution < 1.29 is 15.0 Å². The standard InChI is InChI=1S/C14H17NO3/c16-12-4-1-10(2-5-12)3-6-14(18)15-9-11-7-13(17)8-11/h1-6,11,13,16-17H,7-9H2,(H,15,18). The van der Waals surface area contributed by atoms with Gasteiger partial charge in [0.1, 0.15) is 5.75 Å². The molecular formula is C14H17NO3. The van der Waals surface area contributed by atoms with Crippen molar-refractivity contribution in [3.8, 4) is 5.75 Å². The first-order chi connectivity index (χ1) is 8.63. The number of aromatic hydroxyl groups is 1. The third kappa shape index (κ3) is 3.60. The molecule has 1 amide bonds. The molecule has 0 spiro atoms. The van der Waals surface area contributed by atoms with Gasteiger partial charge in [-0.25, -0.2) is 0 Å². The summed E-state index contributed by atoms with van der Waals surface area (Å²) < 4.78 is 0. The molecule has 0 aromatic heterocycles. The lowest BCUT2D eigenvalue weighted by molar-refractivity contribution is -0.117. The minimum absolute atomic E-state index is 0.135. The van der Waals surface area contributed by atoms with E-state index in [-0.39, 0.29) is 17.8 Å². The average molecular weight is 247 g/mol. The molecule has 0 heterocycles. The van der Waals surface area contributed by atoms with Crippen molar-refractivity contribution in [2.24, 2.45) is 5.92 Å². The van der Waals surface area contributed by atoms with Crippen LogP contribution in [0, 0.1) is 5.92 Å². The van der Waals surface area contributed by atoms with E-state index in [4.69, 9.17) is 10.2 Å². The fraction of sp³-hybridized carbons (Fsp3) is 0.357. The van der Waals surface area contributed by atoms with E-state index in [0.717, 1.165) is 18.4 Å². The number of phenols is 1. The summed E-state index contributed by atoms with van der Waals surface area (Å²) in [5.41, 5.74) is 0.863. The number of phenolic OH excluding ortho intramolecular Hbond substituents is 1. The number of hydrogen-bond donors (Lipinski definition) is 3. The molecule has 0 saturated heterocycles. The maximum atomic E-state index is 11.5. The maximum absolute atomic E-state index is 11.5. The summed E-state index contributed by atoms with van der Waals surface area (Å²) >= 11 is 0. The molecule has 0 radical (unpaired) electrons. The number of amides is 1. The highest BCUT2D eigenvalue weighted by Gasteiger charge is 2.26. The molecule has 1 aromatic rings. The Balaban J connectivity index is 1.74. The lowest BCUT2D eigenvalue weighted by Crippen LogP contribution is -2.37. The lowest BCUT2D eigenvalue weighted by Gasteiger charge is -2.31. The van der Waals surface area contributed by atoms with Crippen molar-refractivity contribution in [2.75, 3.05) is 6.54 Å². The molecule has 4 heteroatoms. The second kappa shape index (κ2) is 5.69. The minimum Gasteiger partial charge on any atom is -0.508 e. The van der Waals surface area contributed by atoms with Crippen LogP contribution in [0.15, 0.2) is 30.3 Å². The molecule has 4 nitrogen and oxygen atoms in total. The minimum atomic E-state index is -0.181. The Kier molecular flexibility index (Phi) is 3.99. The molecule has 3 N–H and O–H groups in total. The molecule has 1 aliphatic rings. The molecule has 1 fully saturated rings. The van der Waals surface area contributed by atoms with E-state index in [1.54, 1.807) is 30.3 Å². The number of carbonyl (C=O) groups excluding carboxylic acids is 1. The normalized spacial score (nSPS) is 22.7. The summed E-state index contributed by atoms with van der Waals surface area (Å²) in [5, 5.41) is 21.0. The van der Waals surface area contributed by atoms with Crippen molar-refractivity contribution in [1.29, 1.82) is 0 Å². The van der Waals surface area contributed by atoms with Crippen LogP contribution in [0.2, 0.25) is 0 Å². The Morgan fingerprint density at radius 1 is 1.33 bits per heavy atom.